The van der Waals surface area contributed by atoms with Gasteiger partial charge in [-0.05, 0) is 23.6 Å². The SMILES string of the molecule is COC(=O)C(C#N)(NNc1ccc(OCc2ccccc2)cc1F)C(C)C. The number of methoxy groups -OCH3 is 1. The third-order valence-corrected chi connectivity index (χ3v) is 4.13. The Balaban J connectivity index is 2.07. The zero-order valence-electron chi connectivity index (χ0n) is 15.5. The Hall–Kier alpha value is -3.11. The van der Waals surface area contributed by atoms with Crippen LogP contribution in [0.5, 0.6) is 5.75 Å². The molecule has 0 bridgehead atoms. The highest BCUT2D eigenvalue weighted by Crippen LogP contribution is 2.23. The molecule has 2 N–H and O–H groups in total. The zero-order valence-corrected chi connectivity index (χ0v) is 15.5. The number of hydrogen-bond acceptors (Lipinski definition) is 6. The molecule has 0 amide bonds. The first-order chi connectivity index (χ1) is 12.9. The van der Waals surface area contributed by atoms with Gasteiger partial charge in [0.2, 0.25) is 5.54 Å². The van der Waals surface area contributed by atoms with E-state index >= 15 is 0 Å². The van der Waals surface area contributed by atoms with Crippen molar-refractivity contribution in [2.75, 3.05) is 12.5 Å². The number of rotatable bonds is 8. The predicted octanol–water partition coefficient (Wildman–Crippen LogP) is 3.41. The van der Waals surface area contributed by atoms with Crippen molar-refractivity contribution in [3.63, 3.8) is 0 Å². The molecular formula is C20H22FN3O3. The van der Waals surface area contributed by atoms with Gasteiger partial charge < -0.3 is 14.9 Å². The predicted molar refractivity (Wildman–Crippen MR) is 99.1 cm³/mol. The van der Waals surface area contributed by atoms with Crippen LogP contribution in [0.4, 0.5) is 10.1 Å². The molecule has 2 rings (SSSR count). The standard InChI is InChI=1S/C20H22FN3O3/c1-14(2)20(13-22,19(25)26-3)24-23-18-10-9-16(11-17(18)21)27-12-15-7-5-4-6-8-15/h4-11,14,23-24H,12H2,1-3H3. The number of hydrazine groups is 1. The van der Waals surface area contributed by atoms with Crippen LogP contribution < -0.4 is 15.6 Å². The van der Waals surface area contributed by atoms with Gasteiger partial charge in [0, 0.05) is 6.07 Å². The van der Waals surface area contributed by atoms with Crippen molar-refractivity contribution in [3.05, 3.63) is 59.9 Å². The lowest BCUT2D eigenvalue weighted by Gasteiger charge is -2.29. The normalized spacial score (nSPS) is 12.7. The molecule has 0 heterocycles. The van der Waals surface area contributed by atoms with Gasteiger partial charge in [0.15, 0.2) is 5.82 Å². The van der Waals surface area contributed by atoms with Crippen LogP contribution in [0.3, 0.4) is 0 Å². The molecule has 0 aliphatic rings. The molecule has 0 radical (unpaired) electrons. The summed E-state index contributed by atoms with van der Waals surface area (Å²) >= 11 is 0. The molecule has 27 heavy (non-hydrogen) atoms. The molecule has 142 valence electrons. The third kappa shape index (κ3) is 4.74. The number of nitriles is 1. The summed E-state index contributed by atoms with van der Waals surface area (Å²) in [6.45, 7) is 3.69. The van der Waals surface area contributed by atoms with Gasteiger partial charge in [-0.25, -0.2) is 14.6 Å². The van der Waals surface area contributed by atoms with Crippen molar-refractivity contribution >= 4 is 11.7 Å². The number of anilines is 1. The molecule has 0 saturated heterocycles. The summed E-state index contributed by atoms with van der Waals surface area (Å²) in [6, 6.07) is 15.7. The van der Waals surface area contributed by atoms with Gasteiger partial charge >= 0.3 is 5.97 Å². The third-order valence-electron chi connectivity index (χ3n) is 4.13. The minimum absolute atomic E-state index is 0.0752. The summed E-state index contributed by atoms with van der Waals surface area (Å²) < 4.78 is 24.6. The first kappa shape index (κ1) is 20.2. The number of nitrogens with zero attached hydrogens (tertiary/aromatic N) is 1. The van der Waals surface area contributed by atoms with Crippen LogP contribution >= 0.6 is 0 Å². The number of esters is 1. The highest BCUT2D eigenvalue weighted by Gasteiger charge is 2.43. The zero-order chi connectivity index (χ0) is 19.9. The van der Waals surface area contributed by atoms with Crippen molar-refractivity contribution in [2.45, 2.75) is 26.0 Å². The fraction of sp³-hybridized carbons (Fsp3) is 0.300. The maximum atomic E-state index is 14.4. The molecule has 0 spiro atoms. The molecule has 0 aliphatic heterocycles. The second-order valence-electron chi connectivity index (χ2n) is 6.23. The Morgan fingerprint density at radius 3 is 2.52 bits per heavy atom. The van der Waals surface area contributed by atoms with Crippen LogP contribution in [-0.2, 0) is 16.1 Å². The number of hydrogen-bond donors (Lipinski definition) is 2. The Morgan fingerprint density at radius 2 is 1.96 bits per heavy atom. The molecule has 0 fully saturated rings. The summed E-state index contributed by atoms with van der Waals surface area (Å²) in [4.78, 5) is 12.0. The fourth-order valence-corrected chi connectivity index (χ4v) is 2.39. The summed E-state index contributed by atoms with van der Waals surface area (Å²) in [5.74, 6) is -1.39. The average molecular weight is 371 g/mol. The second kappa shape index (κ2) is 9.01. The van der Waals surface area contributed by atoms with Crippen LogP contribution in [0.2, 0.25) is 0 Å². The summed E-state index contributed by atoms with van der Waals surface area (Å²) in [5, 5.41) is 9.45. The lowest BCUT2D eigenvalue weighted by molar-refractivity contribution is -0.147. The first-order valence-corrected chi connectivity index (χ1v) is 8.42. The molecule has 1 atom stereocenters. The van der Waals surface area contributed by atoms with Gasteiger partial charge in [0.1, 0.15) is 12.4 Å². The van der Waals surface area contributed by atoms with Crippen LogP contribution in [-0.4, -0.2) is 18.6 Å². The molecule has 1 unspecified atom stereocenters. The molecule has 2 aromatic carbocycles. The Morgan fingerprint density at radius 1 is 1.26 bits per heavy atom. The lowest BCUT2D eigenvalue weighted by atomic mass is 9.88. The number of halogens is 1. The number of ether oxygens (including phenoxy) is 2. The van der Waals surface area contributed by atoms with Crippen LogP contribution in [0.1, 0.15) is 19.4 Å². The van der Waals surface area contributed by atoms with E-state index in [1.54, 1.807) is 19.9 Å². The monoisotopic (exact) mass is 371 g/mol. The quantitative estimate of drug-likeness (QED) is 0.547. The molecular weight excluding hydrogens is 349 g/mol. The van der Waals surface area contributed by atoms with E-state index < -0.39 is 23.2 Å². The Bertz CT molecular complexity index is 821. The maximum absolute atomic E-state index is 14.4. The topological polar surface area (TPSA) is 83.4 Å². The molecule has 0 aliphatic carbocycles. The van der Waals surface area contributed by atoms with E-state index in [1.165, 1.54) is 19.2 Å². The summed E-state index contributed by atoms with van der Waals surface area (Å²) in [6.07, 6.45) is 0. The second-order valence-corrected chi connectivity index (χ2v) is 6.23. The van der Waals surface area contributed by atoms with Gasteiger partial charge in [0.05, 0.1) is 18.9 Å². The number of carbonyl (C=O) groups is 1. The molecule has 0 aromatic heterocycles. The minimum Gasteiger partial charge on any atom is -0.489 e. The van der Waals surface area contributed by atoms with Gasteiger partial charge in [0.25, 0.3) is 0 Å². The van der Waals surface area contributed by atoms with Crippen molar-refractivity contribution < 1.29 is 18.7 Å². The molecule has 0 saturated carbocycles. The van der Waals surface area contributed by atoms with E-state index in [9.17, 15) is 14.4 Å². The molecule has 2 aromatic rings. The highest BCUT2D eigenvalue weighted by atomic mass is 19.1. The average Bonchev–Trinajstić information content (AvgIpc) is 2.68. The van der Waals surface area contributed by atoms with Crippen molar-refractivity contribution in [1.82, 2.24) is 5.43 Å². The first-order valence-electron chi connectivity index (χ1n) is 8.42. The van der Waals surface area contributed by atoms with Crippen molar-refractivity contribution in [2.24, 2.45) is 5.92 Å². The van der Waals surface area contributed by atoms with E-state index in [-0.39, 0.29) is 5.69 Å². The van der Waals surface area contributed by atoms with Crippen LogP contribution in [0.15, 0.2) is 48.5 Å². The van der Waals surface area contributed by atoms with Crippen molar-refractivity contribution in [3.8, 4) is 11.8 Å². The highest BCUT2D eigenvalue weighted by molar-refractivity contribution is 5.85. The molecule has 7 heteroatoms. The fourth-order valence-electron chi connectivity index (χ4n) is 2.39. The number of carbonyl (C=O) groups excluding carboxylic acids is 1. The Labute approximate surface area is 157 Å². The minimum atomic E-state index is -1.65. The van der Waals surface area contributed by atoms with E-state index in [1.807, 2.05) is 36.4 Å². The van der Waals surface area contributed by atoms with E-state index in [0.29, 0.717) is 12.4 Å². The van der Waals surface area contributed by atoms with Crippen molar-refractivity contribution in [1.29, 1.82) is 5.26 Å². The summed E-state index contributed by atoms with van der Waals surface area (Å²) in [7, 11) is 1.19. The maximum Gasteiger partial charge on any atom is 0.342 e. The smallest absolute Gasteiger partial charge is 0.342 e. The van der Waals surface area contributed by atoms with E-state index in [4.69, 9.17) is 9.47 Å². The van der Waals surface area contributed by atoms with Gasteiger partial charge in [-0.1, -0.05) is 44.2 Å². The van der Waals surface area contributed by atoms with E-state index in [2.05, 4.69) is 10.9 Å². The van der Waals surface area contributed by atoms with Gasteiger partial charge in [-0.15, -0.1) is 0 Å². The van der Waals surface area contributed by atoms with Gasteiger partial charge in [-0.2, -0.15) is 5.26 Å². The molecule has 6 nitrogen and oxygen atoms in total. The Kier molecular flexibility index (Phi) is 6.74. The largest absolute Gasteiger partial charge is 0.489 e. The van der Waals surface area contributed by atoms with Crippen LogP contribution in [0.25, 0.3) is 0 Å². The lowest BCUT2D eigenvalue weighted by Crippen LogP contribution is -2.57. The van der Waals surface area contributed by atoms with Crippen LogP contribution in [0, 0.1) is 23.1 Å². The van der Waals surface area contributed by atoms with Gasteiger partial charge in [-0.3, -0.25) is 0 Å². The number of benzene rings is 2. The van der Waals surface area contributed by atoms with E-state index in [0.717, 1.165) is 5.56 Å². The summed E-state index contributed by atoms with van der Waals surface area (Å²) in [5.41, 5.74) is 4.59. The number of nitrogens with one attached hydrogen (secondary N) is 2.